The summed E-state index contributed by atoms with van der Waals surface area (Å²) in [6.07, 6.45) is -1.97. The molecule has 0 aromatic heterocycles. The zero-order chi connectivity index (χ0) is 20.9. The predicted octanol–water partition coefficient (Wildman–Crippen LogP) is 1.98. The third-order valence-corrected chi connectivity index (χ3v) is 4.68. The normalized spacial score (nSPS) is 13.3. The highest BCUT2D eigenvalue weighted by molar-refractivity contribution is 7.89. The highest BCUT2D eigenvalue weighted by Crippen LogP contribution is 2.16. The Bertz CT molecular complexity index is 957. The number of carbonyl (C=O) groups is 2. The molecule has 0 aliphatic rings. The van der Waals surface area contributed by atoms with Gasteiger partial charge < -0.3 is 14.8 Å². The summed E-state index contributed by atoms with van der Waals surface area (Å²) in [5.74, 6) is -0.732. The Morgan fingerprint density at radius 3 is 2.25 bits per heavy atom. The van der Waals surface area contributed by atoms with Crippen LogP contribution in [-0.2, 0) is 24.3 Å². The number of nitrogens with two attached hydrogens (primary N) is 1. The van der Waals surface area contributed by atoms with Gasteiger partial charge in [0.2, 0.25) is 10.0 Å². The number of aryl methyl sites for hydroxylation is 1. The molecule has 0 fully saturated rings. The van der Waals surface area contributed by atoms with Crippen LogP contribution in [0.3, 0.4) is 0 Å². The van der Waals surface area contributed by atoms with Crippen molar-refractivity contribution >= 4 is 27.6 Å². The van der Waals surface area contributed by atoms with Crippen LogP contribution in [0, 0.1) is 6.92 Å². The second-order valence-electron chi connectivity index (χ2n) is 6.21. The van der Waals surface area contributed by atoms with Crippen molar-refractivity contribution < 1.29 is 27.5 Å². The fraction of sp³-hybridized carbons (Fsp3) is 0.263. The number of anilines is 1. The molecule has 0 radical (unpaired) electrons. The monoisotopic (exact) mass is 406 g/mol. The van der Waals surface area contributed by atoms with E-state index in [0.717, 1.165) is 5.56 Å². The quantitative estimate of drug-likeness (QED) is 0.678. The van der Waals surface area contributed by atoms with E-state index in [-0.39, 0.29) is 4.90 Å². The molecule has 2 rings (SSSR count). The first-order valence-corrected chi connectivity index (χ1v) is 9.98. The maximum Gasteiger partial charge on any atom is 0.347 e. The Kier molecular flexibility index (Phi) is 6.76. The molecule has 1 amide bonds. The largest absolute Gasteiger partial charge is 0.479 e. The van der Waals surface area contributed by atoms with Crippen molar-refractivity contribution in [2.75, 3.05) is 5.32 Å². The third kappa shape index (κ3) is 6.07. The van der Waals surface area contributed by atoms with Gasteiger partial charge in [-0.15, -0.1) is 0 Å². The molecule has 0 saturated carbocycles. The molecule has 150 valence electrons. The number of ether oxygens (including phenoxy) is 2. The SMILES string of the molecule is Cc1cccc(O[C@H](C)C(=O)O[C@H](C)C(=O)Nc2ccc(S(N)(=O)=O)cc2)c1. The van der Waals surface area contributed by atoms with E-state index in [4.69, 9.17) is 14.6 Å². The Hall–Kier alpha value is -2.91. The van der Waals surface area contributed by atoms with Crippen molar-refractivity contribution in [1.82, 2.24) is 0 Å². The van der Waals surface area contributed by atoms with Crippen LogP contribution in [-0.4, -0.2) is 32.5 Å². The molecule has 0 saturated heterocycles. The van der Waals surface area contributed by atoms with Crippen LogP contribution in [0.25, 0.3) is 0 Å². The molecule has 0 spiro atoms. The highest BCUT2D eigenvalue weighted by atomic mass is 32.2. The molecule has 2 aromatic carbocycles. The lowest BCUT2D eigenvalue weighted by molar-refractivity contribution is -0.159. The first-order chi connectivity index (χ1) is 13.1. The lowest BCUT2D eigenvalue weighted by atomic mass is 10.2. The summed E-state index contributed by atoms with van der Waals surface area (Å²) in [5, 5.41) is 7.55. The topological polar surface area (TPSA) is 125 Å². The molecule has 28 heavy (non-hydrogen) atoms. The van der Waals surface area contributed by atoms with Gasteiger partial charge in [-0.2, -0.15) is 0 Å². The van der Waals surface area contributed by atoms with Gasteiger partial charge in [0.25, 0.3) is 5.91 Å². The van der Waals surface area contributed by atoms with Crippen molar-refractivity contribution in [2.45, 2.75) is 37.9 Å². The van der Waals surface area contributed by atoms with Crippen LogP contribution >= 0.6 is 0 Å². The van der Waals surface area contributed by atoms with E-state index in [9.17, 15) is 18.0 Å². The van der Waals surface area contributed by atoms with Crippen LogP contribution < -0.4 is 15.2 Å². The summed E-state index contributed by atoms with van der Waals surface area (Å²) >= 11 is 0. The zero-order valence-corrected chi connectivity index (χ0v) is 16.5. The first-order valence-electron chi connectivity index (χ1n) is 8.44. The number of hydrogen-bond acceptors (Lipinski definition) is 6. The van der Waals surface area contributed by atoms with Crippen LogP contribution in [0.1, 0.15) is 19.4 Å². The molecule has 2 atom stereocenters. The molecular weight excluding hydrogens is 384 g/mol. The standard InChI is InChI=1S/C19H22N2O6S/c1-12-5-4-6-16(11-12)26-14(3)19(23)27-13(2)18(22)21-15-7-9-17(10-8-15)28(20,24)25/h4-11,13-14H,1-3H3,(H,21,22)(H2,20,24,25)/t13-,14-/m1/s1. The average molecular weight is 406 g/mol. The molecule has 0 bridgehead atoms. The number of nitrogens with one attached hydrogen (secondary N) is 1. The predicted molar refractivity (Wildman–Crippen MR) is 103 cm³/mol. The number of benzene rings is 2. The van der Waals surface area contributed by atoms with Gasteiger partial charge in [0.15, 0.2) is 12.2 Å². The minimum Gasteiger partial charge on any atom is -0.479 e. The fourth-order valence-corrected chi connectivity index (χ4v) is 2.75. The van der Waals surface area contributed by atoms with Gasteiger partial charge in [-0.05, 0) is 62.7 Å². The van der Waals surface area contributed by atoms with Gasteiger partial charge in [0.1, 0.15) is 5.75 Å². The molecule has 3 N–H and O–H groups in total. The van der Waals surface area contributed by atoms with E-state index in [1.807, 2.05) is 13.0 Å². The number of carbonyl (C=O) groups excluding carboxylic acids is 2. The number of rotatable bonds is 7. The summed E-state index contributed by atoms with van der Waals surface area (Å²) < 4.78 is 33.1. The Morgan fingerprint density at radius 2 is 1.68 bits per heavy atom. The van der Waals surface area contributed by atoms with Crippen LogP contribution in [0.2, 0.25) is 0 Å². The van der Waals surface area contributed by atoms with Gasteiger partial charge in [-0.1, -0.05) is 12.1 Å². The first kappa shape index (κ1) is 21.4. The van der Waals surface area contributed by atoms with Crippen molar-refractivity contribution in [2.24, 2.45) is 5.14 Å². The van der Waals surface area contributed by atoms with E-state index < -0.39 is 34.1 Å². The number of esters is 1. The molecule has 2 aromatic rings. The summed E-state index contributed by atoms with van der Waals surface area (Å²) in [6, 6.07) is 12.5. The van der Waals surface area contributed by atoms with E-state index in [1.54, 1.807) is 18.2 Å². The summed E-state index contributed by atoms with van der Waals surface area (Å²) in [6.45, 7) is 4.85. The Balaban J connectivity index is 1.91. The number of sulfonamides is 1. The molecule has 0 unspecified atom stereocenters. The van der Waals surface area contributed by atoms with Gasteiger partial charge in [-0.3, -0.25) is 4.79 Å². The minimum absolute atomic E-state index is 0.0768. The van der Waals surface area contributed by atoms with Crippen LogP contribution in [0.5, 0.6) is 5.75 Å². The molecule has 0 aliphatic heterocycles. The molecule has 9 heteroatoms. The van der Waals surface area contributed by atoms with E-state index in [0.29, 0.717) is 11.4 Å². The van der Waals surface area contributed by atoms with Gasteiger partial charge >= 0.3 is 5.97 Å². The summed E-state index contributed by atoms with van der Waals surface area (Å²) in [4.78, 5) is 24.3. The van der Waals surface area contributed by atoms with E-state index in [1.165, 1.54) is 38.1 Å². The molecule has 0 aliphatic carbocycles. The van der Waals surface area contributed by atoms with Crippen LogP contribution in [0.4, 0.5) is 5.69 Å². The summed E-state index contributed by atoms with van der Waals surface area (Å²) in [5.41, 5.74) is 1.32. The second-order valence-corrected chi connectivity index (χ2v) is 7.78. The van der Waals surface area contributed by atoms with Gasteiger partial charge in [0, 0.05) is 5.69 Å². The lowest BCUT2D eigenvalue weighted by Crippen LogP contribution is -2.35. The molecule has 0 heterocycles. The van der Waals surface area contributed by atoms with Crippen molar-refractivity contribution in [3.05, 3.63) is 54.1 Å². The second kappa shape index (κ2) is 8.85. The highest BCUT2D eigenvalue weighted by Gasteiger charge is 2.23. The molecule has 8 nitrogen and oxygen atoms in total. The summed E-state index contributed by atoms with van der Waals surface area (Å²) in [7, 11) is -3.81. The Morgan fingerprint density at radius 1 is 1.04 bits per heavy atom. The number of amides is 1. The smallest absolute Gasteiger partial charge is 0.347 e. The average Bonchev–Trinajstić information content (AvgIpc) is 2.61. The van der Waals surface area contributed by atoms with Gasteiger partial charge in [-0.25, -0.2) is 18.4 Å². The lowest BCUT2D eigenvalue weighted by Gasteiger charge is -2.18. The maximum absolute atomic E-state index is 12.2. The number of hydrogen-bond donors (Lipinski definition) is 2. The van der Waals surface area contributed by atoms with Crippen LogP contribution in [0.15, 0.2) is 53.4 Å². The van der Waals surface area contributed by atoms with Crippen molar-refractivity contribution in [3.63, 3.8) is 0 Å². The van der Waals surface area contributed by atoms with Crippen molar-refractivity contribution in [3.8, 4) is 5.75 Å². The number of primary sulfonamides is 1. The molecular formula is C19H22N2O6S. The minimum atomic E-state index is -3.81. The fourth-order valence-electron chi connectivity index (χ4n) is 2.24. The third-order valence-electron chi connectivity index (χ3n) is 3.75. The van der Waals surface area contributed by atoms with Gasteiger partial charge in [0.05, 0.1) is 4.90 Å². The van der Waals surface area contributed by atoms with E-state index >= 15 is 0 Å². The Labute approximate surface area is 163 Å². The maximum atomic E-state index is 12.2. The zero-order valence-electron chi connectivity index (χ0n) is 15.7. The van der Waals surface area contributed by atoms with Crippen molar-refractivity contribution in [1.29, 1.82) is 0 Å². The van der Waals surface area contributed by atoms with E-state index in [2.05, 4.69) is 5.32 Å².